The Morgan fingerprint density at radius 1 is 1.24 bits per heavy atom. The minimum absolute atomic E-state index is 0.0796. The Hall–Kier alpha value is -1.53. The molecule has 0 bridgehead atoms. The third-order valence-electron chi connectivity index (χ3n) is 3.45. The molecule has 1 heterocycles. The third kappa shape index (κ3) is 4.22. The molecule has 1 saturated heterocycles. The quantitative estimate of drug-likeness (QED) is 0.919. The van der Waals surface area contributed by atoms with Crippen molar-refractivity contribution in [2.45, 2.75) is 19.4 Å². The summed E-state index contributed by atoms with van der Waals surface area (Å²) < 4.78 is 26.5. The van der Waals surface area contributed by atoms with Crippen LogP contribution in [0, 0.1) is 11.6 Å². The van der Waals surface area contributed by atoms with E-state index in [0.29, 0.717) is 26.2 Å². The van der Waals surface area contributed by atoms with Crippen molar-refractivity contribution >= 4 is 5.91 Å². The first-order valence-electron chi connectivity index (χ1n) is 7.02. The Morgan fingerprint density at radius 3 is 2.38 bits per heavy atom. The molecule has 1 aliphatic rings. The van der Waals surface area contributed by atoms with Crippen LogP contribution in [0.4, 0.5) is 8.78 Å². The van der Waals surface area contributed by atoms with Crippen LogP contribution in [-0.2, 0) is 0 Å². The van der Waals surface area contributed by atoms with E-state index in [9.17, 15) is 13.6 Å². The summed E-state index contributed by atoms with van der Waals surface area (Å²) in [7, 11) is 0. The van der Waals surface area contributed by atoms with Gasteiger partial charge in [-0.15, -0.1) is 0 Å². The molecule has 0 unspecified atom stereocenters. The highest BCUT2D eigenvalue weighted by atomic mass is 19.1. The van der Waals surface area contributed by atoms with Gasteiger partial charge in [-0.25, -0.2) is 8.78 Å². The number of carbonyl (C=O) groups excluding carboxylic acids is 1. The fourth-order valence-corrected chi connectivity index (χ4v) is 2.52. The van der Waals surface area contributed by atoms with E-state index in [1.165, 1.54) is 6.07 Å². The molecule has 1 fully saturated rings. The molecule has 0 saturated carbocycles. The van der Waals surface area contributed by atoms with Crippen LogP contribution in [0.5, 0.6) is 0 Å². The number of amides is 1. The molecule has 21 heavy (non-hydrogen) atoms. The normalized spacial score (nSPS) is 17.1. The lowest BCUT2D eigenvalue weighted by atomic mass is 10.1. The highest BCUT2D eigenvalue weighted by Crippen LogP contribution is 2.14. The van der Waals surface area contributed by atoms with Gasteiger partial charge >= 0.3 is 0 Å². The van der Waals surface area contributed by atoms with Crippen molar-refractivity contribution in [1.82, 2.24) is 9.80 Å². The van der Waals surface area contributed by atoms with Crippen molar-refractivity contribution in [3.05, 3.63) is 35.4 Å². The highest BCUT2D eigenvalue weighted by molar-refractivity contribution is 5.94. The SMILES string of the molecule is CC(C)(N)CN1CCN(C(=O)c2ccc(F)cc2F)CC1. The summed E-state index contributed by atoms with van der Waals surface area (Å²) >= 11 is 0. The van der Waals surface area contributed by atoms with Crippen molar-refractivity contribution in [1.29, 1.82) is 0 Å². The van der Waals surface area contributed by atoms with Gasteiger partial charge in [0.2, 0.25) is 0 Å². The van der Waals surface area contributed by atoms with E-state index in [1.807, 2.05) is 13.8 Å². The molecule has 1 aromatic carbocycles. The van der Waals surface area contributed by atoms with Crippen LogP contribution in [0.25, 0.3) is 0 Å². The van der Waals surface area contributed by atoms with E-state index in [-0.39, 0.29) is 17.0 Å². The lowest BCUT2D eigenvalue weighted by molar-refractivity contribution is 0.0611. The molecule has 1 aliphatic heterocycles. The first-order valence-corrected chi connectivity index (χ1v) is 7.02. The van der Waals surface area contributed by atoms with Gasteiger partial charge in [0.1, 0.15) is 11.6 Å². The average molecular weight is 297 g/mol. The Kier molecular flexibility index (Phi) is 4.58. The van der Waals surface area contributed by atoms with E-state index in [0.717, 1.165) is 18.7 Å². The number of carbonyl (C=O) groups is 1. The van der Waals surface area contributed by atoms with Crippen molar-refractivity contribution in [3.63, 3.8) is 0 Å². The second-order valence-electron chi connectivity index (χ2n) is 6.18. The summed E-state index contributed by atoms with van der Waals surface area (Å²) in [6.07, 6.45) is 0. The van der Waals surface area contributed by atoms with E-state index in [2.05, 4.69) is 4.90 Å². The monoisotopic (exact) mass is 297 g/mol. The number of hydrogen-bond donors (Lipinski definition) is 1. The van der Waals surface area contributed by atoms with Crippen LogP contribution in [0.2, 0.25) is 0 Å². The predicted molar refractivity (Wildman–Crippen MR) is 77.0 cm³/mol. The second kappa shape index (κ2) is 6.07. The van der Waals surface area contributed by atoms with Crippen LogP contribution in [0.15, 0.2) is 18.2 Å². The molecule has 0 spiro atoms. The van der Waals surface area contributed by atoms with Crippen LogP contribution >= 0.6 is 0 Å². The summed E-state index contributed by atoms with van der Waals surface area (Å²) in [5.41, 5.74) is 5.62. The smallest absolute Gasteiger partial charge is 0.256 e. The van der Waals surface area contributed by atoms with Crippen LogP contribution < -0.4 is 5.73 Å². The summed E-state index contributed by atoms with van der Waals surface area (Å²) in [6, 6.07) is 3.03. The maximum absolute atomic E-state index is 13.6. The summed E-state index contributed by atoms with van der Waals surface area (Å²) in [4.78, 5) is 16.0. The molecular weight excluding hydrogens is 276 g/mol. The number of hydrogen-bond acceptors (Lipinski definition) is 3. The van der Waals surface area contributed by atoms with E-state index < -0.39 is 11.6 Å². The standard InChI is InChI=1S/C15H21F2N3O/c1-15(2,18)10-19-5-7-20(8-6-19)14(21)12-4-3-11(16)9-13(12)17/h3-4,9H,5-8,10,18H2,1-2H3. The summed E-state index contributed by atoms with van der Waals surface area (Å²) in [5, 5.41) is 0. The van der Waals surface area contributed by atoms with Crippen LogP contribution in [0.3, 0.4) is 0 Å². The fraction of sp³-hybridized carbons (Fsp3) is 0.533. The number of piperazine rings is 1. The first-order chi connectivity index (χ1) is 9.76. The zero-order chi connectivity index (χ0) is 15.6. The number of rotatable bonds is 3. The molecule has 2 N–H and O–H groups in total. The third-order valence-corrected chi connectivity index (χ3v) is 3.45. The van der Waals surface area contributed by atoms with E-state index in [1.54, 1.807) is 4.90 Å². The molecule has 0 radical (unpaired) electrons. The number of halogens is 2. The number of nitrogens with two attached hydrogens (primary N) is 1. The van der Waals surface area contributed by atoms with Gasteiger partial charge in [-0.1, -0.05) is 0 Å². The first kappa shape index (κ1) is 15.9. The zero-order valence-corrected chi connectivity index (χ0v) is 12.4. The number of benzene rings is 1. The lowest BCUT2D eigenvalue weighted by Gasteiger charge is -2.37. The van der Waals surface area contributed by atoms with Gasteiger partial charge in [0.15, 0.2) is 0 Å². The summed E-state index contributed by atoms with van der Waals surface area (Å²) in [5.74, 6) is -1.89. The molecule has 1 aromatic rings. The van der Waals surface area contributed by atoms with E-state index in [4.69, 9.17) is 5.73 Å². The fourth-order valence-electron chi connectivity index (χ4n) is 2.52. The lowest BCUT2D eigenvalue weighted by Crippen LogP contribution is -2.54. The Bertz CT molecular complexity index is 520. The molecule has 116 valence electrons. The van der Waals surface area contributed by atoms with Crippen molar-refractivity contribution in [2.75, 3.05) is 32.7 Å². The van der Waals surface area contributed by atoms with Gasteiger partial charge in [-0.2, -0.15) is 0 Å². The van der Waals surface area contributed by atoms with Gasteiger partial charge in [0.25, 0.3) is 5.91 Å². The van der Waals surface area contributed by atoms with Gasteiger partial charge in [-0.3, -0.25) is 9.69 Å². The molecule has 6 heteroatoms. The topological polar surface area (TPSA) is 49.6 Å². The summed E-state index contributed by atoms with van der Waals surface area (Å²) in [6.45, 7) is 7.11. The Balaban J connectivity index is 1.97. The predicted octanol–water partition coefficient (Wildman–Crippen LogP) is 1.46. The van der Waals surface area contributed by atoms with E-state index >= 15 is 0 Å². The minimum atomic E-state index is -0.814. The maximum Gasteiger partial charge on any atom is 0.256 e. The molecular formula is C15H21F2N3O. The van der Waals surface area contributed by atoms with Crippen LogP contribution in [0.1, 0.15) is 24.2 Å². The molecule has 0 atom stereocenters. The Labute approximate surface area is 123 Å². The molecule has 2 rings (SSSR count). The van der Waals surface area contributed by atoms with Gasteiger partial charge in [0.05, 0.1) is 5.56 Å². The van der Waals surface area contributed by atoms with Gasteiger partial charge in [0, 0.05) is 44.3 Å². The molecule has 1 amide bonds. The van der Waals surface area contributed by atoms with Gasteiger partial charge in [-0.05, 0) is 26.0 Å². The van der Waals surface area contributed by atoms with Crippen molar-refractivity contribution in [3.8, 4) is 0 Å². The molecule has 0 aromatic heterocycles. The van der Waals surface area contributed by atoms with Gasteiger partial charge < -0.3 is 10.6 Å². The molecule has 4 nitrogen and oxygen atoms in total. The maximum atomic E-state index is 13.6. The molecule has 0 aliphatic carbocycles. The van der Waals surface area contributed by atoms with Crippen molar-refractivity contribution < 1.29 is 13.6 Å². The minimum Gasteiger partial charge on any atom is -0.336 e. The Morgan fingerprint density at radius 2 is 1.86 bits per heavy atom. The number of nitrogens with zero attached hydrogens (tertiary/aromatic N) is 2. The van der Waals surface area contributed by atoms with Crippen molar-refractivity contribution in [2.24, 2.45) is 5.73 Å². The average Bonchev–Trinajstić information content (AvgIpc) is 2.37. The zero-order valence-electron chi connectivity index (χ0n) is 12.4. The second-order valence-corrected chi connectivity index (χ2v) is 6.18. The van der Waals surface area contributed by atoms with Crippen LogP contribution in [-0.4, -0.2) is 54.0 Å². The largest absolute Gasteiger partial charge is 0.336 e. The highest BCUT2D eigenvalue weighted by Gasteiger charge is 2.26.